The lowest BCUT2D eigenvalue weighted by Crippen LogP contribution is -2.36. The van der Waals surface area contributed by atoms with Crippen LogP contribution in [0.2, 0.25) is 0 Å². The first kappa shape index (κ1) is 19.6. The molecule has 9 nitrogen and oxygen atoms in total. The lowest BCUT2D eigenvalue weighted by molar-refractivity contribution is 0.256. The molecule has 0 saturated carbocycles. The summed E-state index contributed by atoms with van der Waals surface area (Å²) in [6, 6.07) is 9.15. The maximum absolute atomic E-state index is 13.1. The fraction of sp³-hybridized carbons (Fsp3) is 0.286. The second-order valence-electron chi connectivity index (χ2n) is 7.03. The Balaban J connectivity index is 1.68. The summed E-state index contributed by atoms with van der Waals surface area (Å²) in [7, 11) is 3.52. The predicted molar refractivity (Wildman–Crippen MR) is 115 cm³/mol. The molecule has 0 atom stereocenters. The highest BCUT2D eigenvalue weighted by atomic mass is 16.5. The zero-order valence-electron chi connectivity index (χ0n) is 17.2. The largest absolute Gasteiger partial charge is 0.481 e. The van der Waals surface area contributed by atoms with Crippen LogP contribution < -0.4 is 19.9 Å². The molecule has 0 bridgehead atoms. The normalized spacial score (nSPS) is 13.4. The van der Waals surface area contributed by atoms with Crippen molar-refractivity contribution in [1.82, 2.24) is 19.9 Å². The van der Waals surface area contributed by atoms with Gasteiger partial charge in [0.15, 0.2) is 5.82 Å². The minimum Gasteiger partial charge on any atom is -0.481 e. The van der Waals surface area contributed by atoms with Gasteiger partial charge in [-0.05, 0) is 37.6 Å². The number of hydrogen-bond donors (Lipinski definition) is 1. The van der Waals surface area contributed by atoms with E-state index in [2.05, 4.69) is 25.2 Å². The van der Waals surface area contributed by atoms with Gasteiger partial charge in [0.25, 0.3) is 0 Å². The number of fused-ring (bicyclic) bond motifs is 1. The molecule has 1 aliphatic heterocycles. The number of nitrogens with zero attached hydrogens (tertiary/aromatic N) is 6. The van der Waals surface area contributed by atoms with Gasteiger partial charge in [-0.3, -0.25) is 15.2 Å². The van der Waals surface area contributed by atoms with Crippen molar-refractivity contribution < 1.29 is 9.53 Å². The number of urea groups is 1. The number of aryl methyl sites for hydroxylation is 1. The van der Waals surface area contributed by atoms with Gasteiger partial charge < -0.3 is 9.64 Å². The number of rotatable bonds is 3. The number of anilines is 3. The summed E-state index contributed by atoms with van der Waals surface area (Å²) >= 11 is 0. The molecule has 30 heavy (non-hydrogen) atoms. The van der Waals surface area contributed by atoms with E-state index in [4.69, 9.17) is 9.72 Å². The van der Waals surface area contributed by atoms with Crippen molar-refractivity contribution >= 4 is 23.4 Å². The van der Waals surface area contributed by atoms with Crippen LogP contribution in [0.1, 0.15) is 12.1 Å². The molecule has 3 aromatic rings. The number of hydrogen-bond acceptors (Lipinski definition) is 7. The first-order valence-corrected chi connectivity index (χ1v) is 9.65. The number of aromatic nitrogens is 4. The summed E-state index contributed by atoms with van der Waals surface area (Å²) in [5.74, 6) is 1.35. The molecule has 0 aromatic carbocycles. The number of carbonyl (C=O) groups is 1. The Hall–Kier alpha value is -3.75. The summed E-state index contributed by atoms with van der Waals surface area (Å²) < 4.78 is 5.10. The zero-order chi connectivity index (χ0) is 21.1. The molecule has 3 aromatic heterocycles. The summed E-state index contributed by atoms with van der Waals surface area (Å²) in [5, 5.41) is 2.82. The molecule has 0 radical (unpaired) electrons. The molecule has 1 aliphatic rings. The van der Waals surface area contributed by atoms with Crippen LogP contribution in [-0.4, -0.2) is 53.2 Å². The van der Waals surface area contributed by atoms with E-state index in [0.29, 0.717) is 24.1 Å². The van der Waals surface area contributed by atoms with Crippen LogP contribution in [0.15, 0.2) is 42.9 Å². The van der Waals surface area contributed by atoms with Gasteiger partial charge >= 0.3 is 6.03 Å². The number of methoxy groups -OCH3 is 1. The fourth-order valence-electron chi connectivity index (χ4n) is 3.30. The summed E-state index contributed by atoms with van der Waals surface area (Å²) in [5.41, 5.74) is 3.50. The quantitative estimate of drug-likeness (QED) is 0.715. The molecular weight excluding hydrogens is 382 g/mol. The Labute approximate surface area is 174 Å². The van der Waals surface area contributed by atoms with Crippen molar-refractivity contribution in [3.05, 3.63) is 48.5 Å². The Morgan fingerprint density at radius 1 is 1.13 bits per heavy atom. The molecule has 0 spiro atoms. The van der Waals surface area contributed by atoms with Crippen LogP contribution in [0.25, 0.3) is 11.3 Å². The smallest absolute Gasteiger partial charge is 0.328 e. The fourth-order valence-corrected chi connectivity index (χ4v) is 3.30. The van der Waals surface area contributed by atoms with Gasteiger partial charge in [-0.25, -0.2) is 19.7 Å². The van der Waals surface area contributed by atoms with E-state index in [1.807, 2.05) is 38.2 Å². The molecule has 0 saturated heterocycles. The zero-order valence-corrected chi connectivity index (χ0v) is 17.2. The highest BCUT2D eigenvalue weighted by Gasteiger charge is 2.26. The van der Waals surface area contributed by atoms with E-state index >= 15 is 0 Å². The third kappa shape index (κ3) is 4.00. The van der Waals surface area contributed by atoms with E-state index in [1.54, 1.807) is 17.2 Å². The highest BCUT2D eigenvalue weighted by molar-refractivity contribution is 6.03. The average Bonchev–Trinajstić information content (AvgIpc) is 2.93. The van der Waals surface area contributed by atoms with Gasteiger partial charge in [0, 0.05) is 43.7 Å². The van der Waals surface area contributed by atoms with Crippen LogP contribution in [0.3, 0.4) is 0 Å². The topological polar surface area (TPSA) is 96.4 Å². The number of amides is 2. The molecule has 9 heteroatoms. The van der Waals surface area contributed by atoms with Crippen LogP contribution in [0.5, 0.6) is 5.88 Å². The van der Waals surface area contributed by atoms with Crippen molar-refractivity contribution in [3.8, 4) is 17.1 Å². The first-order valence-electron chi connectivity index (χ1n) is 9.65. The van der Waals surface area contributed by atoms with Crippen molar-refractivity contribution in [3.63, 3.8) is 0 Å². The van der Waals surface area contributed by atoms with Gasteiger partial charge in [0.1, 0.15) is 12.1 Å². The summed E-state index contributed by atoms with van der Waals surface area (Å²) in [6.45, 7) is 3.30. The number of carbonyl (C=O) groups excluding carboxylic acids is 1. The SMILES string of the molecule is COc1cc(NC(=O)N2CCCN(C)c3ccc(-c4ccc(C)nc4)nc32)ncn1. The molecule has 2 amide bonds. The average molecular weight is 405 g/mol. The van der Waals surface area contributed by atoms with Crippen molar-refractivity contribution in [2.45, 2.75) is 13.3 Å². The summed E-state index contributed by atoms with van der Waals surface area (Å²) in [4.78, 5) is 34.1. The van der Waals surface area contributed by atoms with Crippen molar-refractivity contribution in [2.75, 3.05) is 42.4 Å². The minimum absolute atomic E-state index is 0.306. The van der Waals surface area contributed by atoms with E-state index in [9.17, 15) is 4.79 Å². The third-order valence-corrected chi connectivity index (χ3v) is 4.94. The minimum atomic E-state index is -0.306. The molecule has 0 aliphatic carbocycles. The molecular formula is C21H23N7O2. The lowest BCUT2D eigenvalue weighted by atomic mass is 10.1. The molecule has 0 unspecified atom stereocenters. The predicted octanol–water partition coefficient (Wildman–Crippen LogP) is 3.13. The molecule has 0 fully saturated rings. The van der Waals surface area contributed by atoms with E-state index < -0.39 is 0 Å². The molecule has 4 heterocycles. The maximum atomic E-state index is 13.1. The molecule has 4 rings (SSSR count). The standard InChI is InChI=1S/C21H23N7O2/c1-14-5-6-15(12-22-14)16-7-8-17-20(25-16)28(10-4-9-27(17)2)21(29)26-18-11-19(30-3)24-13-23-18/h5-8,11-13H,4,9-10H2,1-3H3,(H,23,24,26,29). The monoisotopic (exact) mass is 405 g/mol. The third-order valence-electron chi connectivity index (χ3n) is 4.94. The molecule has 154 valence electrons. The Morgan fingerprint density at radius 2 is 2.00 bits per heavy atom. The van der Waals surface area contributed by atoms with Gasteiger partial charge in [-0.1, -0.05) is 0 Å². The van der Waals surface area contributed by atoms with Gasteiger partial charge in [0.05, 0.1) is 18.5 Å². The van der Waals surface area contributed by atoms with Gasteiger partial charge in [0.2, 0.25) is 5.88 Å². The highest BCUT2D eigenvalue weighted by Crippen LogP contribution is 2.33. The Bertz CT molecular complexity index is 1060. The van der Waals surface area contributed by atoms with Crippen molar-refractivity contribution in [1.29, 1.82) is 0 Å². The van der Waals surface area contributed by atoms with Gasteiger partial charge in [-0.15, -0.1) is 0 Å². The van der Waals surface area contributed by atoms with Crippen molar-refractivity contribution in [2.24, 2.45) is 0 Å². The second-order valence-corrected chi connectivity index (χ2v) is 7.03. The number of nitrogens with one attached hydrogen (secondary N) is 1. The number of pyridine rings is 2. The van der Waals surface area contributed by atoms with Crippen LogP contribution in [0, 0.1) is 6.92 Å². The van der Waals surface area contributed by atoms with Crippen LogP contribution >= 0.6 is 0 Å². The lowest BCUT2D eigenvalue weighted by Gasteiger charge is -2.24. The maximum Gasteiger partial charge on any atom is 0.328 e. The van der Waals surface area contributed by atoms with Crippen LogP contribution in [-0.2, 0) is 0 Å². The second kappa shape index (κ2) is 8.32. The Kier molecular flexibility index (Phi) is 5.42. The van der Waals surface area contributed by atoms with E-state index in [1.165, 1.54) is 13.4 Å². The summed E-state index contributed by atoms with van der Waals surface area (Å²) in [6.07, 6.45) is 3.95. The van der Waals surface area contributed by atoms with Gasteiger partial charge in [-0.2, -0.15) is 0 Å². The van der Waals surface area contributed by atoms with E-state index in [-0.39, 0.29) is 6.03 Å². The van der Waals surface area contributed by atoms with Crippen LogP contribution in [0.4, 0.5) is 22.1 Å². The van der Waals surface area contributed by atoms with E-state index in [0.717, 1.165) is 35.6 Å². The Morgan fingerprint density at radius 3 is 2.77 bits per heavy atom. The first-order chi connectivity index (χ1) is 14.5. The number of ether oxygens (including phenoxy) is 1. The molecule has 1 N–H and O–H groups in total.